The average molecular weight is 441 g/mol. The Kier molecular flexibility index (Phi) is 5.75. The second-order valence-corrected chi connectivity index (χ2v) is 8.45. The lowest BCUT2D eigenvalue weighted by atomic mass is 10.00. The highest BCUT2D eigenvalue weighted by molar-refractivity contribution is 7.92. The summed E-state index contributed by atoms with van der Waals surface area (Å²) in [6.45, 7) is 0.939. The minimum absolute atomic E-state index is 0.0870. The quantitative estimate of drug-likeness (QED) is 0.763. The smallest absolute Gasteiger partial charge is 0.330 e. The van der Waals surface area contributed by atoms with E-state index in [2.05, 4.69) is 10.0 Å². The third-order valence-corrected chi connectivity index (χ3v) is 5.87. The summed E-state index contributed by atoms with van der Waals surface area (Å²) in [7, 11) is -4.01. The standard InChI is InChI=1S/C19H18F3N3O4S/c1-12(26)23-15-3-5-16(6-4-15)24-30(28,29)17-7-2-13-8-9-25(11-14(13)10-17)18(27)19(20,21)22/h2-7,10,24H,8-9,11H2,1H3,(H,23,26). The molecule has 0 saturated carbocycles. The number of hydrogen-bond acceptors (Lipinski definition) is 4. The van der Waals surface area contributed by atoms with Crippen molar-refractivity contribution < 1.29 is 31.2 Å². The Bertz CT molecular complexity index is 1080. The number of hydrogen-bond donors (Lipinski definition) is 2. The van der Waals surface area contributed by atoms with Crippen LogP contribution >= 0.6 is 0 Å². The third kappa shape index (κ3) is 4.90. The van der Waals surface area contributed by atoms with E-state index in [1.165, 1.54) is 43.3 Å². The van der Waals surface area contributed by atoms with Gasteiger partial charge in [-0.1, -0.05) is 6.07 Å². The Morgan fingerprint density at radius 1 is 1.00 bits per heavy atom. The van der Waals surface area contributed by atoms with E-state index in [1.807, 2.05) is 0 Å². The number of fused-ring (bicyclic) bond motifs is 1. The molecular weight excluding hydrogens is 423 g/mol. The summed E-state index contributed by atoms with van der Waals surface area (Å²) in [6.07, 6.45) is -4.78. The summed E-state index contributed by atoms with van der Waals surface area (Å²) >= 11 is 0. The van der Waals surface area contributed by atoms with E-state index in [0.717, 1.165) is 0 Å². The van der Waals surface area contributed by atoms with Gasteiger partial charge in [0, 0.05) is 31.4 Å². The van der Waals surface area contributed by atoms with Gasteiger partial charge in [-0.15, -0.1) is 0 Å². The fourth-order valence-electron chi connectivity index (χ4n) is 3.09. The van der Waals surface area contributed by atoms with Crippen LogP contribution in [0.3, 0.4) is 0 Å². The Labute approximate surface area is 170 Å². The molecular formula is C19H18F3N3O4S. The van der Waals surface area contributed by atoms with Crippen molar-refractivity contribution in [2.24, 2.45) is 0 Å². The first-order valence-corrected chi connectivity index (χ1v) is 10.3. The number of rotatable bonds is 4. The van der Waals surface area contributed by atoms with Gasteiger partial charge in [-0.05, 0) is 53.9 Å². The molecule has 7 nitrogen and oxygen atoms in total. The molecule has 30 heavy (non-hydrogen) atoms. The van der Waals surface area contributed by atoms with Crippen molar-refractivity contribution in [2.45, 2.75) is 31.0 Å². The van der Waals surface area contributed by atoms with Crippen molar-refractivity contribution >= 4 is 33.2 Å². The lowest BCUT2D eigenvalue weighted by Crippen LogP contribution is -2.43. The van der Waals surface area contributed by atoms with E-state index < -0.39 is 22.1 Å². The molecule has 0 atom stereocenters. The first-order chi connectivity index (χ1) is 14.0. The van der Waals surface area contributed by atoms with Crippen LogP contribution in [-0.4, -0.2) is 37.9 Å². The Balaban J connectivity index is 1.79. The highest BCUT2D eigenvalue weighted by atomic mass is 32.2. The maximum absolute atomic E-state index is 12.7. The van der Waals surface area contributed by atoms with E-state index in [4.69, 9.17) is 0 Å². The molecule has 0 saturated heterocycles. The first kappa shape index (κ1) is 21.6. The van der Waals surface area contributed by atoms with Crippen molar-refractivity contribution in [3.8, 4) is 0 Å². The predicted octanol–water partition coefficient (Wildman–Crippen LogP) is 2.89. The molecule has 11 heteroatoms. The van der Waals surface area contributed by atoms with Crippen LogP contribution in [0.1, 0.15) is 18.1 Å². The van der Waals surface area contributed by atoms with Crippen LogP contribution < -0.4 is 10.0 Å². The van der Waals surface area contributed by atoms with Crippen LogP contribution in [0, 0.1) is 0 Å². The number of benzene rings is 2. The molecule has 0 unspecified atom stereocenters. The predicted molar refractivity (Wildman–Crippen MR) is 103 cm³/mol. The monoisotopic (exact) mass is 441 g/mol. The maximum atomic E-state index is 12.7. The van der Waals surface area contributed by atoms with Crippen LogP contribution in [0.5, 0.6) is 0 Å². The van der Waals surface area contributed by atoms with Crippen LogP contribution in [-0.2, 0) is 32.6 Å². The number of alkyl halides is 3. The number of carbonyl (C=O) groups excluding carboxylic acids is 2. The molecule has 0 spiro atoms. The lowest BCUT2D eigenvalue weighted by molar-refractivity contribution is -0.186. The molecule has 160 valence electrons. The molecule has 1 aliphatic heterocycles. The van der Waals surface area contributed by atoms with E-state index in [0.29, 0.717) is 21.7 Å². The molecule has 0 aromatic heterocycles. The van der Waals surface area contributed by atoms with Gasteiger partial charge in [0.1, 0.15) is 0 Å². The largest absolute Gasteiger partial charge is 0.471 e. The zero-order chi connectivity index (χ0) is 22.1. The molecule has 3 rings (SSSR count). The Morgan fingerprint density at radius 3 is 2.23 bits per heavy atom. The summed E-state index contributed by atoms with van der Waals surface area (Å²) in [5.74, 6) is -2.21. The summed E-state index contributed by atoms with van der Waals surface area (Å²) in [5, 5.41) is 2.56. The third-order valence-electron chi connectivity index (χ3n) is 4.49. The van der Waals surface area contributed by atoms with Gasteiger partial charge in [-0.25, -0.2) is 8.42 Å². The highest BCUT2D eigenvalue weighted by Crippen LogP contribution is 2.27. The van der Waals surface area contributed by atoms with Crippen LogP contribution in [0.4, 0.5) is 24.5 Å². The van der Waals surface area contributed by atoms with Crippen molar-refractivity contribution in [3.05, 3.63) is 53.6 Å². The number of nitrogens with zero attached hydrogens (tertiary/aromatic N) is 1. The number of anilines is 2. The van der Waals surface area contributed by atoms with Gasteiger partial charge in [-0.2, -0.15) is 13.2 Å². The number of amides is 2. The molecule has 2 aromatic carbocycles. The van der Waals surface area contributed by atoms with E-state index in [9.17, 15) is 31.2 Å². The highest BCUT2D eigenvalue weighted by Gasteiger charge is 2.43. The van der Waals surface area contributed by atoms with Crippen molar-refractivity contribution in [1.29, 1.82) is 0 Å². The SMILES string of the molecule is CC(=O)Nc1ccc(NS(=O)(=O)c2ccc3c(c2)CN(C(=O)C(F)(F)F)CC3)cc1. The Morgan fingerprint density at radius 2 is 1.63 bits per heavy atom. The summed E-state index contributed by atoms with van der Waals surface area (Å²) < 4.78 is 65.8. The van der Waals surface area contributed by atoms with Crippen LogP contribution in [0.15, 0.2) is 47.4 Å². The van der Waals surface area contributed by atoms with Crippen LogP contribution in [0.2, 0.25) is 0 Å². The molecule has 2 amide bonds. The fourth-order valence-corrected chi connectivity index (χ4v) is 4.20. The van der Waals surface area contributed by atoms with E-state index in [-0.39, 0.29) is 36.0 Å². The molecule has 0 fully saturated rings. The number of sulfonamides is 1. The van der Waals surface area contributed by atoms with Gasteiger partial charge in [0.05, 0.1) is 4.90 Å². The molecule has 1 aliphatic rings. The topological polar surface area (TPSA) is 95.6 Å². The van der Waals surface area contributed by atoms with E-state index in [1.54, 1.807) is 6.07 Å². The second-order valence-electron chi connectivity index (χ2n) is 6.77. The van der Waals surface area contributed by atoms with E-state index >= 15 is 0 Å². The number of carbonyl (C=O) groups is 2. The van der Waals surface area contributed by atoms with Crippen molar-refractivity contribution in [3.63, 3.8) is 0 Å². The van der Waals surface area contributed by atoms with Crippen molar-refractivity contribution in [1.82, 2.24) is 4.90 Å². The van der Waals surface area contributed by atoms with Gasteiger partial charge in [0.15, 0.2) is 0 Å². The second kappa shape index (κ2) is 7.98. The maximum Gasteiger partial charge on any atom is 0.471 e. The zero-order valence-corrected chi connectivity index (χ0v) is 16.6. The van der Waals surface area contributed by atoms with Gasteiger partial charge in [-0.3, -0.25) is 14.3 Å². The van der Waals surface area contributed by atoms with Gasteiger partial charge < -0.3 is 10.2 Å². The Hall–Kier alpha value is -3.08. The lowest BCUT2D eigenvalue weighted by Gasteiger charge is -2.29. The zero-order valence-electron chi connectivity index (χ0n) is 15.8. The minimum atomic E-state index is -4.98. The molecule has 0 bridgehead atoms. The first-order valence-electron chi connectivity index (χ1n) is 8.84. The summed E-state index contributed by atoms with van der Waals surface area (Å²) in [4.78, 5) is 23.1. The van der Waals surface area contributed by atoms with Gasteiger partial charge in [0.25, 0.3) is 10.0 Å². The molecule has 0 aliphatic carbocycles. The summed E-state index contributed by atoms with van der Waals surface area (Å²) in [5.41, 5.74) is 1.78. The van der Waals surface area contributed by atoms with Crippen molar-refractivity contribution in [2.75, 3.05) is 16.6 Å². The molecule has 0 radical (unpaired) electrons. The normalized spacial score (nSPS) is 14.1. The molecule has 2 N–H and O–H groups in total. The molecule has 1 heterocycles. The van der Waals surface area contributed by atoms with Crippen LogP contribution in [0.25, 0.3) is 0 Å². The molecule has 2 aromatic rings. The van der Waals surface area contributed by atoms with Gasteiger partial charge >= 0.3 is 12.1 Å². The number of nitrogens with one attached hydrogen (secondary N) is 2. The van der Waals surface area contributed by atoms with Gasteiger partial charge in [0.2, 0.25) is 5.91 Å². The average Bonchev–Trinajstić information content (AvgIpc) is 2.66. The summed E-state index contributed by atoms with van der Waals surface area (Å²) in [6, 6.07) is 10.2. The number of halogens is 3. The minimum Gasteiger partial charge on any atom is -0.330 e. The fraction of sp³-hybridized carbons (Fsp3) is 0.263.